The normalized spacial score (nSPS) is 19.8. The third-order valence-electron chi connectivity index (χ3n) is 0.0989. The summed E-state index contributed by atoms with van der Waals surface area (Å²) in [6.07, 6.45) is 0. The van der Waals surface area contributed by atoms with E-state index < -0.39 is 7.75 Å². The molecule has 0 rings (SSSR count). The lowest BCUT2D eigenvalue weighted by atomic mass is 13.9. The zero-order chi connectivity index (χ0) is 5.21. The Bertz CT molecular complexity index is 74.9. The van der Waals surface area contributed by atoms with Gasteiger partial charge in [0.25, 0.3) is 0 Å². The zero-order valence-electron chi connectivity index (χ0n) is 2.67. The largest absolute Gasteiger partial charge is 0.409 e. The second-order valence-corrected chi connectivity index (χ2v) is 3.08. The molecule has 6 heteroatoms. The summed E-state index contributed by atoms with van der Waals surface area (Å²) in [6, 6.07) is 0. The van der Waals surface area contributed by atoms with Gasteiger partial charge in [0.1, 0.15) is 23.0 Å². The summed E-state index contributed by atoms with van der Waals surface area (Å²) in [4.78, 5) is 7.93. The number of hydrogen-bond acceptors (Lipinski definition) is 2. The van der Waals surface area contributed by atoms with Gasteiger partial charge in [0.2, 0.25) is 0 Å². The molecule has 0 heterocycles. The zero-order valence-corrected chi connectivity index (χ0v) is 5.72. The monoisotopic (exact) mass is 223 g/mol. The van der Waals surface area contributed by atoms with Crippen molar-refractivity contribution >= 4 is 30.8 Å². The maximum Gasteiger partial charge on any atom is 0.409 e. The SMILES string of the molecule is NP(=O)(O)OI. The van der Waals surface area contributed by atoms with Crippen molar-refractivity contribution in [1.82, 2.24) is 0 Å². The van der Waals surface area contributed by atoms with Crippen molar-refractivity contribution in [3.8, 4) is 0 Å². The van der Waals surface area contributed by atoms with Crippen LogP contribution < -0.4 is 5.50 Å². The first kappa shape index (κ1) is 6.84. The fourth-order valence-electron chi connectivity index (χ4n) is 0. The molecule has 3 N–H and O–H groups in total. The molecule has 0 radical (unpaired) electrons. The molecule has 0 aliphatic carbocycles. The van der Waals surface area contributed by atoms with Crippen LogP contribution in [0.1, 0.15) is 0 Å². The second kappa shape index (κ2) is 2.23. The summed E-state index contributed by atoms with van der Waals surface area (Å²) in [6.45, 7) is 0. The van der Waals surface area contributed by atoms with Gasteiger partial charge in [-0.25, -0.2) is 12.9 Å². The molecule has 6 heavy (non-hydrogen) atoms. The maximum atomic E-state index is 9.69. The fourth-order valence-corrected chi connectivity index (χ4v) is 0. The molecule has 1 unspecified atom stereocenters. The Hall–Kier alpha value is 0.840. The van der Waals surface area contributed by atoms with Crippen LogP contribution in [0.5, 0.6) is 0 Å². The number of rotatable bonds is 1. The van der Waals surface area contributed by atoms with Crippen molar-refractivity contribution in [3.63, 3.8) is 0 Å². The van der Waals surface area contributed by atoms with Crippen molar-refractivity contribution < 1.29 is 12.3 Å². The van der Waals surface area contributed by atoms with Gasteiger partial charge < -0.3 is 4.89 Å². The van der Waals surface area contributed by atoms with E-state index in [1.165, 1.54) is 23.0 Å². The van der Waals surface area contributed by atoms with E-state index in [2.05, 4.69) is 8.36 Å². The molecule has 0 aliphatic rings. The van der Waals surface area contributed by atoms with Gasteiger partial charge in [-0.2, -0.15) is 0 Å². The molecular formula is H3INO3P. The molecule has 0 saturated heterocycles. The number of halogens is 1. The van der Waals surface area contributed by atoms with E-state index in [1.807, 2.05) is 0 Å². The third-order valence-corrected chi connectivity index (χ3v) is 1.99. The molecule has 1 atom stereocenters. The predicted molar refractivity (Wildman–Crippen MR) is 29.1 cm³/mol. The van der Waals surface area contributed by atoms with Crippen molar-refractivity contribution in [2.24, 2.45) is 5.50 Å². The average molecular weight is 223 g/mol. The lowest BCUT2D eigenvalue weighted by Crippen LogP contribution is -1.89. The van der Waals surface area contributed by atoms with Gasteiger partial charge in [0, 0.05) is 0 Å². The van der Waals surface area contributed by atoms with Crippen LogP contribution in [0.2, 0.25) is 0 Å². The van der Waals surface area contributed by atoms with Crippen LogP contribution >= 0.6 is 30.8 Å². The topological polar surface area (TPSA) is 72.6 Å². The second-order valence-electron chi connectivity index (χ2n) is 0.633. The van der Waals surface area contributed by atoms with Crippen LogP contribution in [0.25, 0.3) is 0 Å². The highest BCUT2D eigenvalue weighted by atomic mass is 127. The van der Waals surface area contributed by atoms with Gasteiger partial charge >= 0.3 is 7.75 Å². The van der Waals surface area contributed by atoms with Gasteiger partial charge in [0.15, 0.2) is 0 Å². The minimum Gasteiger partial charge on any atom is -0.312 e. The first-order chi connectivity index (χ1) is 2.56. The summed E-state index contributed by atoms with van der Waals surface area (Å²) in [7, 11) is -3.66. The van der Waals surface area contributed by atoms with E-state index in [-0.39, 0.29) is 0 Å². The summed E-state index contributed by atoms with van der Waals surface area (Å²) >= 11 is 1.26. The molecule has 0 spiro atoms. The van der Waals surface area contributed by atoms with Gasteiger partial charge in [-0.3, -0.25) is 0 Å². The van der Waals surface area contributed by atoms with Crippen LogP contribution in [0, 0.1) is 0 Å². The lowest BCUT2D eigenvalue weighted by molar-refractivity contribution is 0.417. The number of nitrogens with two attached hydrogens (primary N) is 1. The highest BCUT2D eigenvalue weighted by molar-refractivity contribution is 14.1. The lowest BCUT2D eigenvalue weighted by Gasteiger charge is -1.92. The summed E-state index contributed by atoms with van der Waals surface area (Å²) < 4.78 is 13.5. The third kappa shape index (κ3) is 4.84. The number of hydrogen-bond donors (Lipinski definition) is 2. The molecule has 38 valence electrons. The standard InChI is InChI=1S/H3INO3P/c1-5-6(2,3)4/h(H3,2,3,4). The molecular weight excluding hydrogens is 220 g/mol. The Morgan fingerprint density at radius 2 is 2.17 bits per heavy atom. The van der Waals surface area contributed by atoms with Crippen molar-refractivity contribution in [1.29, 1.82) is 0 Å². The van der Waals surface area contributed by atoms with Crippen molar-refractivity contribution in [2.45, 2.75) is 0 Å². The van der Waals surface area contributed by atoms with E-state index in [1.54, 1.807) is 0 Å². The van der Waals surface area contributed by atoms with E-state index in [9.17, 15) is 4.57 Å². The maximum absolute atomic E-state index is 9.69. The molecule has 0 fully saturated rings. The highest BCUT2D eigenvalue weighted by Crippen LogP contribution is 2.33. The van der Waals surface area contributed by atoms with Crippen LogP contribution in [0.3, 0.4) is 0 Å². The first-order valence-corrected chi connectivity index (χ1v) is 3.51. The van der Waals surface area contributed by atoms with E-state index in [0.717, 1.165) is 0 Å². The van der Waals surface area contributed by atoms with E-state index in [0.29, 0.717) is 0 Å². The van der Waals surface area contributed by atoms with Crippen LogP contribution in [-0.4, -0.2) is 4.89 Å². The molecule has 0 aromatic carbocycles. The summed E-state index contributed by atoms with van der Waals surface area (Å²) in [5.41, 5.74) is 4.42. The Morgan fingerprint density at radius 3 is 2.17 bits per heavy atom. The van der Waals surface area contributed by atoms with Crippen molar-refractivity contribution in [2.75, 3.05) is 0 Å². The molecule has 0 aromatic rings. The average Bonchev–Trinajstić information content (AvgIpc) is 1.35. The van der Waals surface area contributed by atoms with Gasteiger partial charge in [-0.15, -0.1) is 0 Å². The predicted octanol–water partition coefficient (Wildman–Crippen LogP) is 0.412. The Morgan fingerprint density at radius 1 is 2.00 bits per heavy atom. The molecule has 0 saturated carbocycles. The Balaban J connectivity index is 3.48. The van der Waals surface area contributed by atoms with Gasteiger partial charge in [-0.05, 0) is 0 Å². The smallest absolute Gasteiger partial charge is 0.312 e. The fraction of sp³-hybridized carbons (Fsp3) is 0. The highest BCUT2D eigenvalue weighted by Gasteiger charge is 2.06. The van der Waals surface area contributed by atoms with Crippen LogP contribution in [0.4, 0.5) is 0 Å². The van der Waals surface area contributed by atoms with Gasteiger partial charge in [-0.1, -0.05) is 0 Å². The van der Waals surface area contributed by atoms with Crippen LogP contribution in [0.15, 0.2) is 0 Å². The van der Waals surface area contributed by atoms with Gasteiger partial charge in [0.05, 0.1) is 0 Å². The quantitative estimate of drug-likeness (QED) is 0.498. The first-order valence-electron chi connectivity index (χ1n) is 0.978. The van der Waals surface area contributed by atoms with Crippen LogP contribution in [-0.2, 0) is 7.42 Å². The Kier molecular flexibility index (Phi) is 2.54. The molecule has 0 aliphatic heterocycles. The van der Waals surface area contributed by atoms with E-state index in [4.69, 9.17) is 4.89 Å². The Labute approximate surface area is 49.0 Å². The molecule has 0 aromatic heterocycles. The molecule has 0 amide bonds. The minimum absolute atomic E-state index is 1.26. The van der Waals surface area contributed by atoms with Crippen molar-refractivity contribution in [3.05, 3.63) is 0 Å². The minimum atomic E-state index is -3.66. The summed E-state index contributed by atoms with van der Waals surface area (Å²) in [5, 5.41) is 0. The molecule has 4 nitrogen and oxygen atoms in total. The van der Waals surface area contributed by atoms with E-state index >= 15 is 0 Å². The summed E-state index contributed by atoms with van der Waals surface area (Å²) in [5.74, 6) is 0. The molecule has 0 bridgehead atoms.